The van der Waals surface area contributed by atoms with Crippen LogP contribution in [0.3, 0.4) is 0 Å². The number of carbonyl (C=O) groups is 1. The molecule has 0 aliphatic carbocycles. The second-order valence-electron chi connectivity index (χ2n) is 3.60. The highest BCUT2D eigenvalue weighted by Gasteiger charge is 2.11. The van der Waals surface area contributed by atoms with E-state index >= 15 is 0 Å². The van der Waals surface area contributed by atoms with Crippen molar-refractivity contribution in [1.29, 1.82) is 0 Å². The van der Waals surface area contributed by atoms with E-state index < -0.39 is 6.04 Å². The van der Waals surface area contributed by atoms with Crippen LogP contribution >= 0.6 is 0 Å². The quantitative estimate of drug-likeness (QED) is 0.684. The maximum absolute atomic E-state index is 11.5. The number of hydrogen-bond acceptors (Lipinski definition) is 3. The predicted molar refractivity (Wildman–Crippen MR) is 61.9 cm³/mol. The fourth-order valence-corrected chi connectivity index (χ4v) is 1.33. The molecule has 3 N–H and O–H groups in total. The Kier molecular flexibility index (Phi) is 5.60. The van der Waals surface area contributed by atoms with Crippen LogP contribution in [-0.2, 0) is 16.1 Å². The minimum atomic E-state index is -0.482. The summed E-state index contributed by atoms with van der Waals surface area (Å²) >= 11 is 0. The number of rotatable bonds is 7. The van der Waals surface area contributed by atoms with Crippen molar-refractivity contribution < 1.29 is 9.53 Å². The van der Waals surface area contributed by atoms with Gasteiger partial charge in [0, 0.05) is 39.2 Å². The molecule has 0 spiro atoms. The number of nitrogens with one attached hydrogen (secondary N) is 1. The molecule has 16 heavy (non-hydrogen) atoms. The third-order valence-corrected chi connectivity index (χ3v) is 2.31. The Morgan fingerprint density at radius 3 is 2.81 bits per heavy atom. The van der Waals surface area contributed by atoms with Crippen LogP contribution in [0.2, 0.25) is 0 Å². The third-order valence-electron chi connectivity index (χ3n) is 2.31. The molecule has 5 heteroatoms. The Bertz CT molecular complexity index is 298. The van der Waals surface area contributed by atoms with Crippen molar-refractivity contribution in [2.24, 2.45) is 5.73 Å². The summed E-state index contributed by atoms with van der Waals surface area (Å²) in [6.07, 6.45) is 4.46. The molecular formula is C11H19N3O2. The normalized spacial score (nSPS) is 12.4. The maximum Gasteiger partial charge on any atom is 0.237 e. The van der Waals surface area contributed by atoms with E-state index in [1.54, 1.807) is 7.11 Å². The molecule has 90 valence electrons. The number of aromatic nitrogens is 1. The van der Waals surface area contributed by atoms with Crippen LogP contribution in [0.25, 0.3) is 0 Å². The van der Waals surface area contributed by atoms with Crippen molar-refractivity contribution in [1.82, 2.24) is 9.88 Å². The van der Waals surface area contributed by atoms with Gasteiger partial charge in [-0.2, -0.15) is 0 Å². The highest BCUT2D eigenvalue weighted by molar-refractivity contribution is 5.81. The average Bonchev–Trinajstić information content (AvgIpc) is 2.78. The van der Waals surface area contributed by atoms with E-state index in [1.807, 2.05) is 29.1 Å². The van der Waals surface area contributed by atoms with E-state index in [9.17, 15) is 4.79 Å². The summed E-state index contributed by atoms with van der Waals surface area (Å²) in [5.74, 6) is -0.121. The molecule has 0 aromatic carbocycles. The van der Waals surface area contributed by atoms with Crippen molar-refractivity contribution in [3.8, 4) is 0 Å². The highest BCUT2D eigenvalue weighted by atomic mass is 16.5. The molecule has 0 aliphatic heterocycles. The van der Waals surface area contributed by atoms with Gasteiger partial charge in [0.25, 0.3) is 0 Å². The zero-order valence-electron chi connectivity index (χ0n) is 9.56. The molecule has 5 nitrogen and oxygen atoms in total. The molecule has 0 radical (unpaired) electrons. The summed E-state index contributed by atoms with van der Waals surface area (Å²) in [5.41, 5.74) is 5.66. The van der Waals surface area contributed by atoms with E-state index in [1.165, 1.54) is 0 Å². The lowest BCUT2D eigenvalue weighted by atomic mass is 10.2. The average molecular weight is 225 g/mol. The van der Waals surface area contributed by atoms with Gasteiger partial charge in [0.2, 0.25) is 5.91 Å². The van der Waals surface area contributed by atoms with Crippen molar-refractivity contribution >= 4 is 5.91 Å². The Morgan fingerprint density at radius 2 is 2.19 bits per heavy atom. The first-order valence-electron chi connectivity index (χ1n) is 5.37. The standard InChI is InChI=1S/C11H19N3O2/c1-16-9-4-10(12)11(15)13-5-8-14-6-2-3-7-14/h2-3,6-7,10H,4-5,8-9,12H2,1H3,(H,13,15). The van der Waals surface area contributed by atoms with Gasteiger partial charge in [-0.05, 0) is 18.6 Å². The first-order chi connectivity index (χ1) is 7.74. The number of amides is 1. The molecule has 0 aliphatic rings. The SMILES string of the molecule is COCCC(N)C(=O)NCCn1cccc1. The molecule has 0 bridgehead atoms. The first-order valence-corrected chi connectivity index (χ1v) is 5.37. The van der Waals surface area contributed by atoms with Gasteiger partial charge in [0.15, 0.2) is 0 Å². The van der Waals surface area contributed by atoms with Crippen LogP contribution in [0.5, 0.6) is 0 Å². The lowest BCUT2D eigenvalue weighted by molar-refractivity contribution is -0.122. The minimum Gasteiger partial charge on any atom is -0.385 e. The van der Waals surface area contributed by atoms with Crippen LogP contribution in [0.1, 0.15) is 6.42 Å². The fraction of sp³-hybridized carbons (Fsp3) is 0.545. The molecule has 1 aromatic heterocycles. The zero-order valence-corrected chi connectivity index (χ0v) is 9.56. The van der Waals surface area contributed by atoms with E-state index in [-0.39, 0.29) is 5.91 Å². The number of hydrogen-bond donors (Lipinski definition) is 2. The van der Waals surface area contributed by atoms with Gasteiger partial charge in [-0.1, -0.05) is 0 Å². The monoisotopic (exact) mass is 225 g/mol. The maximum atomic E-state index is 11.5. The molecule has 0 fully saturated rings. The second-order valence-corrected chi connectivity index (χ2v) is 3.60. The Labute approximate surface area is 95.6 Å². The Balaban J connectivity index is 2.14. The van der Waals surface area contributed by atoms with Crippen LogP contribution in [-0.4, -0.2) is 36.8 Å². The fourth-order valence-electron chi connectivity index (χ4n) is 1.33. The van der Waals surface area contributed by atoms with E-state index in [4.69, 9.17) is 10.5 Å². The topological polar surface area (TPSA) is 69.3 Å². The zero-order chi connectivity index (χ0) is 11.8. The number of nitrogens with zero attached hydrogens (tertiary/aromatic N) is 1. The molecule has 0 saturated carbocycles. The van der Waals surface area contributed by atoms with E-state index in [0.29, 0.717) is 19.6 Å². The first kappa shape index (κ1) is 12.7. The van der Waals surface area contributed by atoms with Crippen LogP contribution in [0.15, 0.2) is 24.5 Å². The smallest absolute Gasteiger partial charge is 0.237 e. The van der Waals surface area contributed by atoms with Crippen molar-refractivity contribution in [2.75, 3.05) is 20.3 Å². The van der Waals surface area contributed by atoms with Crippen molar-refractivity contribution in [2.45, 2.75) is 19.0 Å². The van der Waals surface area contributed by atoms with Gasteiger partial charge < -0.3 is 20.4 Å². The number of methoxy groups -OCH3 is 1. The molecule has 1 aromatic rings. The van der Waals surface area contributed by atoms with Crippen LogP contribution in [0, 0.1) is 0 Å². The van der Waals surface area contributed by atoms with Gasteiger partial charge in [0.05, 0.1) is 6.04 Å². The van der Waals surface area contributed by atoms with Gasteiger partial charge in [-0.15, -0.1) is 0 Å². The van der Waals surface area contributed by atoms with Crippen LogP contribution < -0.4 is 11.1 Å². The van der Waals surface area contributed by atoms with Crippen molar-refractivity contribution in [3.63, 3.8) is 0 Å². The second kappa shape index (κ2) is 7.03. The lowest BCUT2D eigenvalue weighted by Gasteiger charge is -2.11. The van der Waals surface area contributed by atoms with Gasteiger partial charge in [-0.25, -0.2) is 0 Å². The lowest BCUT2D eigenvalue weighted by Crippen LogP contribution is -2.42. The summed E-state index contributed by atoms with van der Waals surface area (Å²) in [6.45, 7) is 1.86. The van der Waals surface area contributed by atoms with Gasteiger partial charge in [-0.3, -0.25) is 4.79 Å². The van der Waals surface area contributed by atoms with Gasteiger partial charge in [0.1, 0.15) is 0 Å². The number of carbonyl (C=O) groups excluding carboxylic acids is 1. The van der Waals surface area contributed by atoms with E-state index in [0.717, 1.165) is 6.54 Å². The highest BCUT2D eigenvalue weighted by Crippen LogP contribution is 1.90. The molecule has 1 heterocycles. The van der Waals surface area contributed by atoms with Crippen molar-refractivity contribution in [3.05, 3.63) is 24.5 Å². The molecule has 1 atom stereocenters. The Morgan fingerprint density at radius 1 is 1.50 bits per heavy atom. The molecule has 0 saturated heterocycles. The van der Waals surface area contributed by atoms with Crippen LogP contribution in [0.4, 0.5) is 0 Å². The molecule has 1 unspecified atom stereocenters. The largest absolute Gasteiger partial charge is 0.385 e. The van der Waals surface area contributed by atoms with E-state index in [2.05, 4.69) is 5.32 Å². The number of ether oxygens (including phenoxy) is 1. The molecule has 1 rings (SSSR count). The summed E-state index contributed by atoms with van der Waals surface area (Å²) in [7, 11) is 1.59. The third kappa shape index (κ3) is 4.46. The Hall–Kier alpha value is -1.33. The minimum absolute atomic E-state index is 0.121. The summed E-state index contributed by atoms with van der Waals surface area (Å²) < 4.78 is 6.86. The molecular weight excluding hydrogens is 206 g/mol. The summed E-state index contributed by atoms with van der Waals surface area (Å²) in [5, 5.41) is 2.79. The van der Waals surface area contributed by atoms with Gasteiger partial charge >= 0.3 is 0 Å². The predicted octanol–water partition coefficient (Wildman–Crippen LogP) is -0.0319. The molecule has 1 amide bonds. The number of nitrogens with two attached hydrogens (primary N) is 1. The summed E-state index contributed by atoms with van der Waals surface area (Å²) in [4.78, 5) is 11.5. The summed E-state index contributed by atoms with van der Waals surface area (Å²) in [6, 6.07) is 3.42.